The van der Waals surface area contributed by atoms with Gasteiger partial charge in [-0.1, -0.05) is 18.2 Å². The van der Waals surface area contributed by atoms with Crippen LogP contribution in [0.4, 0.5) is 0 Å². The van der Waals surface area contributed by atoms with Crippen molar-refractivity contribution in [3.05, 3.63) is 41.0 Å². The second-order valence-corrected chi connectivity index (χ2v) is 3.05. The second kappa shape index (κ2) is 5.47. The number of methoxy groups -OCH3 is 1. The molecule has 0 aliphatic carbocycles. The number of carbonyl (C=O) groups is 2. The predicted molar refractivity (Wildman–Crippen MR) is 59.0 cm³/mol. The fourth-order valence-corrected chi connectivity index (χ4v) is 1.22. The highest BCUT2D eigenvalue weighted by Crippen LogP contribution is 2.13. The van der Waals surface area contributed by atoms with Gasteiger partial charge in [0.25, 0.3) is 0 Å². The van der Waals surface area contributed by atoms with E-state index < -0.39 is 11.9 Å². The first-order valence-corrected chi connectivity index (χ1v) is 4.62. The van der Waals surface area contributed by atoms with Crippen LogP contribution in [-0.2, 0) is 9.53 Å². The summed E-state index contributed by atoms with van der Waals surface area (Å²) in [6.07, 6.45) is 1.19. The monoisotopic (exact) mass is 231 g/mol. The van der Waals surface area contributed by atoms with Crippen LogP contribution in [0.2, 0.25) is 0 Å². The number of aromatic carboxylic acids is 1. The normalized spacial score (nSPS) is 10.5. The van der Waals surface area contributed by atoms with Crippen molar-refractivity contribution in [1.82, 2.24) is 0 Å². The highest BCUT2D eigenvalue weighted by molar-refractivity contribution is 6.00. The standard InChI is InChI=1S/C12H9NO4/c1-17-12(16)9(7-13)6-8-4-2-3-5-10(8)11(14)15/h2-6H,1H3,(H,14,15)/b9-6-. The number of rotatable bonds is 3. The van der Waals surface area contributed by atoms with Crippen LogP contribution in [0.25, 0.3) is 6.08 Å². The molecule has 0 aliphatic heterocycles. The summed E-state index contributed by atoms with van der Waals surface area (Å²) in [5, 5.41) is 17.7. The van der Waals surface area contributed by atoms with Gasteiger partial charge in [0.2, 0.25) is 0 Å². The number of esters is 1. The van der Waals surface area contributed by atoms with E-state index >= 15 is 0 Å². The van der Waals surface area contributed by atoms with Crippen molar-refractivity contribution in [3.63, 3.8) is 0 Å². The van der Waals surface area contributed by atoms with Gasteiger partial charge in [0.05, 0.1) is 12.7 Å². The van der Waals surface area contributed by atoms with E-state index in [-0.39, 0.29) is 16.7 Å². The van der Waals surface area contributed by atoms with Gasteiger partial charge in [0, 0.05) is 0 Å². The minimum absolute atomic E-state index is 0.0177. The average Bonchev–Trinajstić information content (AvgIpc) is 2.35. The molecular formula is C12H9NO4. The average molecular weight is 231 g/mol. The molecule has 1 aromatic carbocycles. The van der Waals surface area contributed by atoms with Crippen molar-refractivity contribution in [1.29, 1.82) is 5.26 Å². The second-order valence-electron chi connectivity index (χ2n) is 3.05. The molecule has 1 rings (SSSR count). The summed E-state index contributed by atoms with van der Waals surface area (Å²) in [7, 11) is 1.15. The molecule has 5 nitrogen and oxygen atoms in total. The maximum Gasteiger partial charge on any atom is 0.348 e. The molecule has 0 spiro atoms. The van der Waals surface area contributed by atoms with Crippen molar-refractivity contribution in [3.8, 4) is 6.07 Å². The fraction of sp³-hybridized carbons (Fsp3) is 0.0833. The molecule has 0 fully saturated rings. The number of carbonyl (C=O) groups excluding carboxylic acids is 1. The van der Waals surface area contributed by atoms with Gasteiger partial charge in [-0.05, 0) is 17.7 Å². The molecule has 0 saturated heterocycles. The van der Waals surface area contributed by atoms with E-state index in [0.29, 0.717) is 0 Å². The Morgan fingerprint density at radius 3 is 2.59 bits per heavy atom. The summed E-state index contributed by atoms with van der Waals surface area (Å²) >= 11 is 0. The van der Waals surface area contributed by atoms with Crippen LogP contribution in [0.5, 0.6) is 0 Å². The molecule has 5 heteroatoms. The van der Waals surface area contributed by atoms with Gasteiger partial charge in [0.15, 0.2) is 0 Å². The quantitative estimate of drug-likeness (QED) is 0.483. The molecule has 0 bridgehead atoms. The number of benzene rings is 1. The van der Waals surface area contributed by atoms with Crippen LogP contribution in [0.1, 0.15) is 15.9 Å². The third-order valence-corrected chi connectivity index (χ3v) is 2.02. The van der Waals surface area contributed by atoms with E-state index in [1.807, 2.05) is 0 Å². The summed E-state index contributed by atoms with van der Waals surface area (Å²) in [4.78, 5) is 22.1. The fourth-order valence-electron chi connectivity index (χ4n) is 1.22. The molecule has 86 valence electrons. The smallest absolute Gasteiger partial charge is 0.348 e. The van der Waals surface area contributed by atoms with Gasteiger partial charge in [-0.25, -0.2) is 9.59 Å². The first-order chi connectivity index (χ1) is 8.10. The van der Waals surface area contributed by atoms with Crippen molar-refractivity contribution in [2.75, 3.05) is 7.11 Å². The largest absolute Gasteiger partial charge is 0.478 e. The number of ether oxygens (including phenoxy) is 1. The topological polar surface area (TPSA) is 87.4 Å². The van der Waals surface area contributed by atoms with Gasteiger partial charge in [0.1, 0.15) is 11.6 Å². The molecular weight excluding hydrogens is 222 g/mol. The van der Waals surface area contributed by atoms with Crippen LogP contribution < -0.4 is 0 Å². The summed E-state index contributed by atoms with van der Waals surface area (Å²) in [6, 6.07) is 7.73. The van der Waals surface area contributed by atoms with E-state index in [2.05, 4.69) is 4.74 Å². The van der Waals surface area contributed by atoms with E-state index in [1.165, 1.54) is 18.2 Å². The van der Waals surface area contributed by atoms with E-state index in [0.717, 1.165) is 7.11 Å². The number of carboxylic acids is 1. The Balaban J connectivity index is 3.26. The zero-order valence-electron chi connectivity index (χ0n) is 9.01. The summed E-state index contributed by atoms with van der Waals surface area (Å²) in [5.41, 5.74) is 0.0484. The lowest BCUT2D eigenvalue weighted by Gasteiger charge is -2.01. The van der Waals surface area contributed by atoms with Gasteiger partial charge in [-0.2, -0.15) is 5.26 Å². The molecule has 1 aromatic rings. The van der Waals surface area contributed by atoms with Crippen LogP contribution in [0.3, 0.4) is 0 Å². The zero-order chi connectivity index (χ0) is 12.8. The van der Waals surface area contributed by atoms with Crippen molar-refractivity contribution >= 4 is 18.0 Å². The Labute approximate surface area is 97.6 Å². The Hall–Kier alpha value is -2.61. The van der Waals surface area contributed by atoms with E-state index in [4.69, 9.17) is 10.4 Å². The Kier molecular flexibility index (Phi) is 4.01. The number of carboxylic acid groups (broad SMARTS) is 1. The minimum atomic E-state index is -1.13. The van der Waals surface area contributed by atoms with Gasteiger partial charge < -0.3 is 9.84 Å². The predicted octanol–water partition coefficient (Wildman–Crippen LogP) is 1.46. The van der Waals surface area contributed by atoms with Crippen LogP contribution >= 0.6 is 0 Å². The van der Waals surface area contributed by atoms with Crippen molar-refractivity contribution in [2.24, 2.45) is 0 Å². The number of nitrogens with zero attached hydrogens (tertiary/aromatic N) is 1. The summed E-state index contributed by atoms with van der Waals surface area (Å²) in [5.74, 6) is -1.92. The van der Waals surface area contributed by atoms with E-state index in [9.17, 15) is 9.59 Å². The molecule has 0 radical (unpaired) electrons. The third-order valence-electron chi connectivity index (χ3n) is 2.02. The van der Waals surface area contributed by atoms with Gasteiger partial charge in [-0.15, -0.1) is 0 Å². The molecule has 0 amide bonds. The molecule has 17 heavy (non-hydrogen) atoms. The number of hydrogen-bond donors (Lipinski definition) is 1. The van der Waals surface area contributed by atoms with Crippen molar-refractivity contribution < 1.29 is 19.4 Å². The lowest BCUT2D eigenvalue weighted by Crippen LogP contribution is -2.04. The summed E-state index contributed by atoms with van der Waals surface area (Å²) in [6.45, 7) is 0. The molecule has 0 aromatic heterocycles. The Morgan fingerprint density at radius 2 is 2.06 bits per heavy atom. The number of nitriles is 1. The first-order valence-electron chi connectivity index (χ1n) is 4.62. The molecule has 0 heterocycles. The zero-order valence-corrected chi connectivity index (χ0v) is 9.01. The molecule has 0 unspecified atom stereocenters. The maximum absolute atomic E-state index is 11.2. The van der Waals surface area contributed by atoms with Gasteiger partial charge >= 0.3 is 11.9 Å². The lowest BCUT2D eigenvalue weighted by molar-refractivity contribution is -0.135. The maximum atomic E-state index is 11.2. The van der Waals surface area contributed by atoms with Crippen LogP contribution in [-0.4, -0.2) is 24.2 Å². The highest BCUT2D eigenvalue weighted by Gasteiger charge is 2.12. The summed E-state index contributed by atoms with van der Waals surface area (Å²) < 4.78 is 4.40. The SMILES string of the molecule is COC(=O)/C(C#N)=C\c1ccccc1C(=O)O. The Bertz CT molecular complexity index is 526. The molecule has 0 aliphatic rings. The van der Waals surface area contributed by atoms with Crippen LogP contribution in [0.15, 0.2) is 29.8 Å². The third kappa shape index (κ3) is 2.92. The molecule has 0 atom stereocenters. The van der Waals surface area contributed by atoms with Crippen molar-refractivity contribution in [2.45, 2.75) is 0 Å². The lowest BCUT2D eigenvalue weighted by atomic mass is 10.1. The minimum Gasteiger partial charge on any atom is -0.478 e. The van der Waals surface area contributed by atoms with Gasteiger partial charge in [-0.3, -0.25) is 0 Å². The number of hydrogen-bond acceptors (Lipinski definition) is 4. The molecule has 0 saturated carbocycles. The van der Waals surface area contributed by atoms with Crippen LogP contribution in [0, 0.1) is 11.3 Å². The first kappa shape index (κ1) is 12.5. The Morgan fingerprint density at radius 1 is 1.41 bits per heavy atom. The highest BCUT2D eigenvalue weighted by atomic mass is 16.5. The molecule has 1 N–H and O–H groups in total. The van der Waals surface area contributed by atoms with E-state index in [1.54, 1.807) is 18.2 Å².